The number of piperidine rings is 1. The van der Waals surface area contributed by atoms with Gasteiger partial charge in [-0.05, 0) is 48.6 Å². The standard InChI is InChI=1S/C23H23F3N4O2/c24-23(25,26)20-10-19(4-3-16(20)11-27)29-8-5-22(6-9-29)15-30(13-18(22)14-31)21(32)17-2-1-7-28-12-17/h1-4,7,10,12,18,31H,5-6,8-9,13-15H2. The number of hydrogen-bond acceptors (Lipinski definition) is 5. The molecule has 2 aliphatic heterocycles. The molecule has 6 nitrogen and oxygen atoms in total. The van der Waals surface area contributed by atoms with Crippen LogP contribution in [0.15, 0.2) is 42.7 Å². The third-order valence-electron chi connectivity index (χ3n) is 6.78. The highest BCUT2D eigenvalue weighted by atomic mass is 19.4. The highest BCUT2D eigenvalue weighted by Gasteiger charge is 2.49. The van der Waals surface area contributed by atoms with E-state index in [1.54, 1.807) is 35.4 Å². The van der Waals surface area contributed by atoms with E-state index in [0.29, 0.717) is 50.3 Å². The minimum absolute atomic E-state index is 0.0497. The zero-order chi connectivity index (χ0) is 22.9. The number of benzene rings is 1. The van der Waals surface area contributed by atoms with Gasteiger partial charge >= 0.3 is 6.18 Å². The average Bonchev–Trinajstić information content (AvgIpc) is 3.16. The first-order valence-corrected chi connectivity index (χ1v) is 10.4. The molecule has 1 atom stereocenters. The zero-order valence-electron chi connectivity index (χ0n) is 17.3. The summed E-state index contributed by atoms with van der Waals surface area (Å²) in [5, 5.41) is 19.0. The molecule has 1 spiro atoms. The summed E-state index contributed by atoms with van der Waals surface area (Å²) in [6.07, 6.45) is -0.180. The minimum atomic E-state index is -4.60. The molecule has 1 N–H and O–H groups in total. The molecule has 3 heterocycles. The van der Waals surface area contributed by atoms with E-state index < -0.39 is 17.3 Å². The largest absolute Gasteiger partial charge is 0.417 e. The lowest BCUT2D eigenvalue weighted by Gasteiger charge is -2.43. The van der Waals surface area contributed by atoms with Gasteiger partial charge in [-0.25, -0.2) is 0 Å². The summed E-state index contributed by atoms with van der Waals surface area (Å²) >= 11 is 0. The average molecular weight is 444 g/mol. The van der Waals surface area contributed by atoms with Crippen LogP contribution < -0.4 is 4.90 Å². The molecule has 0 saturated carbocycles. The van der Waals surface area contributed by atoms with Crippen LogP contribution in [0.5, 0.6) is 0 Å². The molecule has 2 aromatic rings. The molecule has 1 amide bonds. The number of anilines is 1. The number of aromatic nitrogens is 1. The van der Waals surface area contributed by atoms with E-state index in [1.165, 1.54) is 12.3 Å². The Morgan fingerprint density at radius 1 is 1.28 bits per heavy atom. The number of pyridine rings is 1. The summed E-state index contributed by atoms with van der Waals surface area (Å²) in [5.74, 6) is -0.213. The van der Waals surface area contributed by atoms with Gasteiger partial charge in [0.05, 0.1) is 22.8 Å². The van der Waals surface area contributed by atoms with Crippen LogP contribution >= 0.6 is 0 Å². The molecular weight excluding hydrogens is 421 g/mol. The van der Waals surface area contributed by atoms with Crippen molar-refractivity contribution in [1.82, 2.24) is 9.88 Å². The Morgan fingerprint density at radius 2 is 2.03 bits per heavy atom. The summed E-state index contributed by atoms with van der Waals surface area (Å²) in [4.78, 5) is 20.5. The molecule has 4 rings (SSSR count). The van der Waals surface area contributed by atoms with Crippen LogP contribution in [0.2, 0.25) is 0 Å². The Balaban J connectivity index is 1.50. The molecule has 9 heteroatoms. The monoisotopic (exact) mass is 444 g/mol. The number of rotatable bonds is 3. The smallest absolute Gasteiger partial charge is 0.396 e. The van der Waals surface area contributed by atoms with Crippen molar-refractivity contribution in [3.8, 4) is 6.07 Å². The number of aliphatic hydroxyl groups is 1. The van der Waals surface area contributed by atoms with Crippen LogP contribution in [0.4, 0.5) is 18.9 Å². The normalized spacial score (nSPS) is 20.4. The Morgan fingerprint density at radius 3 is 2.62 bits per heavy atom. The highest BCUT2D eigenvalue weighted by molar-refractivity contribution is 5.94. The highest BCUT2D eigenvalue weighted by Crippen LogP contribution is 2.46. The molecule has 1 aromatic carbocycles. The van der Waals surface area contributed by atoms with Gasteiger partial charge in [0.15, 0.2) is 0 Å². The number of carbonyl (C=O) groups excluding carboxylic acids is 1. The Labute approximate surface area is 183 Å². The van der Waals surface area contributed by atoms with Crippen molar-refractivity contribution in [1.29, 1.82) is 5.26 Å². The van der Waals surface area contributed by atoms with Crippen molar-refractivity contribution >= 4 is 11.6 Å². The lowest BCUT2D eigenvalue weighted by molar-refractivity contribution is -0.137. The summed E-state index contributed by atoms with van der Waals surface area (Å²) < 4.78 is 40.0. The summed E-state index contributed by atoms with van der Waals surface area (Å²) in [6, 6.07) is 8.81. The van der Waals surface area contributed by atoms with Gasteiger partial charge in [-0.2, -0.15) is 18.4 Å². The van der Waals surface area contributed by atoms with Crippen LogP contribution in [0.3, 0.4) is 0 Å². The Hall–Kier alpha value is -3.12. The fourth-order valence-electron chi connectivity index (χ4n) is 4.95. The van der Waals surface area contributed by atoms with Crippen LogP contribution in [0.1, 0.15) is 34.3 Å². The van der Waals surface area contributed by atoms with Crippen molar-refractivity contribution in [3.63, 3.8) is 0 Å². The minimum Gasteiger partial charge on any atom is -0.396 e. The second kappa shape index (κ2) is 8.43. The maximum absolute atomic E-state index is 13.3. The predicted molar refractivity (Wildman–Crippen MR) is 111 cm³/mol. The van der Waals surface area contributed by atoms with Crippen molar-refractivity contribution < 1.29 is 23.1 Å². The fourth-order valence-corrected chi connectivity index (χ4v) is 4.95. The fraction of sp³-hybridized carbons (Fsp3) is 0.435. The van der Waals surface area contributed by atoms with E-state index in [-0.39, 0.29) is 23.8 Å². The molecule has 1 aromatic heterocycles. The van der Waals surface area contributed by atoms with Gasteiger partial charge in [0.1, 0.15) is 0 Å². The second-order valence-electron chi connectivity index (χ2n) is 8.50. The number of carbonyl (C=O) groups is 1. The van der Waals surface area contributed by atoms with Crippen LogP contribution in [-0.4, -0.2) is 53.7 Å². The van der Waals surface area contributed by atoms with Gasteiger partial charge in [0, 0.05) is 56.8 Å². The molecule has 0 radical (unpaired) electrons. The third-order valence-corrected chi connectivity index (χ3v) is 6.78. The zero-order valence-corrected chi connectivity index (χ0v) is 17.3. The number of hydrogen-bond donors (Lipinski definition) is 1. The molecular formula is C23H23F3N4O2. The molecule has 0 bridgehead atoms. The maximum atomic E-state index is 13.3. The number of aliphatic hydroxyl groups excluding tert-OH is 1. The van der Waals surface area contributed by atoms with E-state index >= 15 is 0 Å². The Kier molecular flexibility index (Phi) is 5.82. The van der Waals surface area contributed by atoms with Crippen LogP contribution in [0, 0.1) is 22.7 Å². The molecule has 168 valence electrons. The number of alkyl halides is 3. The maximum Gasteiger partial charge on any atom is 0.417 e. The van der Waals surface area contributed by atoms with Crippen molar-refractivity contribution in [2.45, 2.75) is 19.0 Å². The molecule has 1 unspecified atom stereocenters. The predicted octanol–water partition coefficient (Wildman–Crippen LogP) is 3.32. The molecule has 2 fully saturated rings. The Bertz CT molecular complexity index is 1030. The van der Waals surface area contributed by atoms with Gasteiger partial charge in [-0.15, -0.1) is 0 Å². The molecule has 2 aliphatic rings. The summed E-state index contributed by atoms with van der Waals surface area (Å²) in [5.41, 5.74) is -0.678. The van der Waals surface area contributed by atoms with Gasteiger partial charge in [-0.3, -0.25) is 9.78 Å². The first-order valence-electron chi connectivity index (χ1n) is 10.4. The van der Waals surface area contributed by atoms with Crippen molar-refractivity contribution in [2.24, 2.45) is 11.3 Å². The number of likely N-dealkylation sites (tertiary alicyclic amines) is 1. The third kappa shape index (κ3) is 4.02. The van der Waals surface area contributed by atoms with E-state index in [4.69, 9.17) is 5.26 Å². The van der Waals surface area contributed by atoms with Crippen LogP contribution in [0.25, 0.3) is 0 Å². The lowest BCUT2D eigenvalue weighted by atomic mass is 9.71. The number of halogens is 3. The van der Waals surface area contributed by atoms with Gasteiger partial charge < -0.3 is 14.9 Å². The molecule has 2 saturated heterocycles. The van der Waals surface area contributed by atoms with E-state index in [2.05, 4.69) is 4.98 Å². The summed E-state index contributed by atoms with van der Waals surface area (Å²) in [7, 11) is 0. The number of amides is 1. The first-order chi connectivity index (χ1) is 15.3. The SMILES string of the molecule is N#Cc1ccc(N2CCC3(CC2)CN(C(=O)c2cccnc2)CC3CO)cc1C(F)(F)F. The topological polar surface area (TPSA) is 80.5 Å². The van der Waals surface area contributed by atoms with Crippen LogP contribution in [-0.2, 0) is 6.18 Å². The summed E-state index contributed by atoms with van der Waals surface area (Å²) in [6.45, 7) is 1.91. The quantitative estimate of drug-likeness (QED) is 0.786. The number of nitriles is 1. The van der Waals surface area contributed by atoms with Gasteiger partial charge in [0.25, 0.3) is 5.91 Å². The second-order valence-corrected chi connectivity index (χ2v) is 8.50. The molecule has 32 heavy (non-hydrogen) atoms. The van der Waals surface area contributed by atoms with E-state index in [0.717, 1.165) is 6.07 Å². The van der Waals surface area contributed by atoms with Crippen molar-refractivity contribution in [3.05, 3.63) is 59.4 Å². The van der Waals surface area contributed by atoms with E-state index in [1.807, 2.05) is 4.90 Å². The van der Waals surface area contributed by atoms with Crippen molar-refractivity contribution in [2.75, 3.05) is 37.7 Å². The van der Waals surface area contributed by atoms with Gasteiger partial charge in [0.2, 0.25) is 0 Å². The van der Waals surface area contributed by atoms with E-state index in [9.17, 15) is 23.1 Å². The van der Waals surface area contributed by atoms with Gasteiger partial charge in [-0.1, -0.05) is 0 Å². The number of nitrogens with zero attached hydrogens (tertiary/aromatic N) is 4. The molecule has 0 aliphatic carbocycles. The lowest BCUT2D eigenvalue weighted by Crippen LogP contribution is -2.45. The first kappa shape index (κ1) is 22.1.